The van der Waals surface area contributed by atoms with Crippen LogP contribution in [0.5, 0.6) is 0 Å². The van der Waals surface area contributed by atoms with Crippen LogP contribution in [0.1, 0.15) is 66.7 Å². The van der Waals surface area contributed by atoms with E-state index in [-0.39, 0.29) is 0 Å². The van der Waals surface area contributed by atoms with Crippen LogP contribution in [0.3, 0.4) is 0 Å². The normalized spacial score (nSPS) is 46.6. The lowest BCUT2D eigenvalue weighted by Gasteiger charge is -2.49. The Kier molecular flexibility index (Phi) is 2.68. The van der Waals surface area contributed by atoms with E-state index in [0.717, 1.165) is 17.8 Å². The number of hydrogen-bond donors (Lipinski definition) is 0. The Bertz CT molecular complexity index is 233. The zero-order valence-corrected chi connectivity index (χ0v) is 11.3. The molecule has 2 aliphatic rings. The topological polar surface area (TPSA) is 0 Å². The fraction of sp³-hybridized carbons (Fsp3) is 1.00. The molecule has 0 saturated heterocycles. The van der Waals surface area contributed by atoms with Crippen molar-refractivity contribution in [2.75, 3.05) is 0 Å². The first-order chi connectivity index (χ1) is 6.84. The maximum absolute atomic E-state index is 2.56. The van der Waals surface area contributed by atoms with Crippen LogP contribution in [0.15, 0.2) is 0 Å². The molecule has 0 N–H and O–H groups in total. The molecule has 0 aromatic heterocycles. The summed E-state index contributed by atoms with van der Waals surface area (Å²) >= 11 is 0. The summed E-state index contributed by atoms with van der Waals surface area (Å²) in [7, 11) is 0. The Morgan fingerprint density at radius 1 is 1.07 bits per heavy atom. The van der Waals surface area contributed by atoms with Crippen molar-refractivity contribution in [2.24, 2.45) is 28.6 Å². The molecule has 0 heterocycles. The highest BCUT2D eigenvalue weighted by molar-refractivity contribution is 4.99. The minimum absolute atomic E-state index is 0.517. The van der Waals surface area contributed by atoms with Crippen LogP contribution in [-0.4, -0.2) is 0 Å². The number of fused-ring (bicyclic) bond motifs is 1. The molecule has 15 heavy (non-hydrogen) atoms. The van der Waals surface area contributed by atoms with Crippen LogP contribution < -0.4 is 0 Å². The third-order valence-corrected chi connectivity index (χ3v) is 5.57. The molecule has 0 aromatic carbocycles. The molecule has 2 aliphatic carbocycles. The molecular formula is C15H28. The molecule has 2 rings (SSSR count). The molecule has 0 heteroatoms. The van der Waals surface area contributed by atoms with E-state index in [0.29, 0.717) is 10.8 Å². The highest BCUT2D eigenvalue weighted by Crippen LogP contribution is 2.58. The lowest BCUT2D eigenvalue weighted by atomic mass is 9.56. The average molecular weight is 208 g/mol. The zero-order chi connectivity index (χ0) is 11.3. The Labute approximate surface area is 95.8 Å². The van der Waals surface area contributed by atoms with Gasteiger partial charge in [0.2, 0.25) is 0 Å². The van der Waals surface area contributed by atoms with E-state index in [2.05, 4.69) is 34.6 Å². The average Bonchev–Trinajstić information content (AvgIpc) is 2.45. The largest absolute Gasteiger partial charge is 0.0619 e. The van der Waals surface area contributed by atoms with Gasteiger partial charge >= 0.3 is 0 Å². The van der Waals surface area contributed by atoms with Gasteiger partial charge in [0.25, 0.3) is 0 Å². The standard InChI is InChI=1S/C15H28/c1-11-12(14(2,3)4)8-10-15(5)9-6-7-13(11)15/h11-13H,6-10H2,1-5H3/t11?,12?,13?,15-/m0/s1. The first-order valence-electron chi connectivity index (χ1n) is 6.84. The molecule has 0 aromatic rings. The molecule has 88 valence electrons. The molecule has 0 aliphatic heterocycles. The molecular weight excluding hydrogens is 180 g/mol. The molecule has 2 saturated carbocycles. The molecule has 0 radical (unpaired) electrons. The monoisotopic (exact) mass is 208 g/mol. The lowest BCUT2D eigenvalue weighted by Crippen LogP contribution is -2.41. The second kappa shape index (κ2) is 3.50. The van der Waals surface area contributed by atoms with E-state index in [1.165, 1.54) is 32.1 Å². The van der Waals surface area contributed by atoms with Gasteiger partial charge in [-0.1, -0.05) is 41.0 Å². The summed E-state index contributed by atoms with van der Waals surface area (Å²) in [6, 6.07) is 0. The van der Waals surface area contributed by atoms with E-state index in [1.54, 1.807) is 0 Å². The summed E-state index contributed by atoms with van der Waals surface area (Å²) in [5.74, 6) is 2.93. The molecule has 0 amide bonds. The summed E-state index contributed by atoms with van der Waals surface area (Å²) in [6.07, 6.45) is 7.45. The molecule has 2 fully saturated rings. The van der Waals surface area contributed by atoms with Crippen molar-refractivity contribution in [3.8, 4) is 0 Å². The maximum Gasteiger partial charge on any atom is -0.0295 e. The van der Waals surface area contributed by atoms with E-state index in [4.69, 9.17) is 0 Å². The van der Waals surface area contributed by atoms with Crippen LogP contribution in [0, 0.1) is 28.6 Å². The third kappa shape index (κ3) is 1.85. The van der Waals surface area contributed by atoms with Gasteiger partial charge in [0, 0.05) is 0 Å². The Morgan fingerprint density at radius 2 is 1.73 bits per heavy atom. The number of rotatable bonds is 0. The maximum atomic E-state index is 2.56. The predicted octanol–water partition coefficient (Wildman–Crippen LogP) is 4.89. The SMILES string of the molecule is CC1C(C(C)(C)C)CC[C@]2(C)CCCC12. The summed E-state index contributed by atoms with van der Waals surface area (Å²) in [6.45, 7) is 12.4. The Hall–Kier alpha value is 0. The fourth-order valence-electron chi connectivity index (χ4n) is 4.72. The zero-order valence-electron chi connectivity index (χ0n) is 11.3. The van der Waals surface area contributed by atoms with Gasteiger partial charge in [0.15, 0.2) is 0 Å². The summed E-state index contributed by atoms with van der Waals surface area (Å²) in [5, 5.41) is 0. The number of hydrogen-bond acceptors (Lipinski definition) is 0. The van der Waals surface area contributed by atoms with E-state index in [9.17, 15) is 0 Å². The van der Waals surface area contributed by atoms with Gasteiger partial charge in [0.1, 0.15) is 0 Å². The van der Waals surface area contributed by atoms with Crippen molar-refractivity contribution in [3.63, 3.8) is 0 Å². The summed E-state index contributed by atoms with van der Waals surface area (Å²) < 4.78 is 0. The minimum Gasteiger partial charge on any atom is -0.0619 e. The van der Waals surface area contributed by atoms with Gasteiger partial charge < -0.3 is 0 Å². The van der Waals surface area contributed by atoms with Crippen molar-refractivity contribution in [3.05, 3.63) is 0 Å². The van der Waals surface area contributed by atoms with Crippen molar-refractivity contribution in [1.29, 1.82) is 0 Å². The van der Waals surface area contributed by atoms with E-state index in [1.807, 2.05) is 0 Å². The minimum atomic E-state index is 0.517. The first-order valence-corrected chi connectivity index (χ1v) is 6.84. The first kappa shape index (κ1) is 11.5. The Morgan fingerprint density at radius 3 is 2.33 bits per heavy atom. The molecule has 0 bridgehead atoms. The summed E-state index contributed by atoms with van der Waals surface area (Å²) in [5.41, 5.74) is 1.23. The summed E-state index contributed by atoms with van der Waals surface area (Å²) in [4.78, 5) is 0. The fourth-order valence-corrected chi connectivity index (χ4v) is 4.72. The van der Waals surface area contributed by atoms with Gasteiger partial charge in [-0.2, -0.15) is 0 Å². The van der Waals surface area contributed by atoms with E-state index < -0.39 is 0 Å². The van der Waals surface area contributed by atoms with Gasteiger partial charge in [-0.25, -0.2) is 0 Å². The predicted molar refractivity (Wildman–Crippen MR) is 66.8 cm³/mol. The van der Waals surface area contributed by atoms with Crippen molar-refractivity contribution < 1.29 is 0 Å². The molecule has 3 unspecified atom stereocenters. The smallest absolute Gasteiger partial charge is 0.0295 e. The lowest BCUT2D eigenvalue weighted by molar-refractivity contribution is 0.000155. The highest BCUT2D eigenvalue weighted by atomic mass is 14.5. The van der Waals surface area contributed by atoms with Crippen LogP contribution in [0.2, 0.25) is 0 Å². The second-order valence-corrected chi connectivity index (χ2v) is 7.52. The molecule has 4 atom stereocenters. The van der Waals surface area contributed by atoms with Crippen molar-refractivity contribution in [1.82, 2.24) is 0 Å². The van der Waals surface area contributed by atoms with Gasteiger partial charge in [-0.3, -0.25) is 0 Å². The van der Waals surface area contributed by atoms with Crippen molar-refractivity contribution >= 4 is 0 Å². The van der Waals surface area contributed by atoms with Gasteiger partial charge in [0.05, 0.1) is 0 Å². The second-order valence-electron chi connectivity index (χ2n) is 7.52. The van der Waals surface area contributed by atoms with Gasteiger partial charge in [-0.15, -0.1) is 0 Å². The molecule has 0 nitrogen and oxygen atoms in total. The van der Waals surface area contributed by atoms with Crippen LogP contribution in [-0.2, 0) is 0 Å². The van der Waals surface area contributed by atoms with Gasteiger partial charge in [-0.05, 0) is 54.3 Å². The third-order valence-electron chi connectivity index (χ3n) is 5.57. The van der Waals surface area contributed by atoms with Crippen molar-refractivity contribution in [2.45, 2.75) is 66.7 Å². The highest BCUT2D eigenvalue weighted by Gasteiger charge is 2.49. The Balaban J connectivity index is 2.17. The molecule has 0 spiro atoms. The van der Waals surface area contributed by atoms with Crippen LogP contribution >= 0.6 is 0 Å². The van der Waals surface area contributed by atoms with Crippen LogP contribution in [0.4, 0.5) is 0 Å². The quantitative estimate of drug-likeness (QED) is 0.532. The van der Waals surface area contributed by atoms with Crippen LogP contribution in [0.25, 0.3) is 0 Å². The van der Waals surface area contributed by atoms with E-state index >= 15 is 0 Å².